The number of hydrogen-bond acceptors (Lipinski definition) is 3. The van der Waals surface area contributed by atoms with Gasteiger partial charge in [-0.3, -0.25) is 4.90 Å². The molecule has 0 radical (unpaired) electrons. The standard InChI is InChI=1S/C18H31N3/c1-5-19-18(16-10-8-15(2)9-11-16)14-21-12-6-7-17(13-21)20(3)4/h8-11,17-19H,5-7,12-14H2,1-4H3. The molecule has 0 saturated carbocycles. The first-order valence-electron chi connectivity index (χ1n) is 8.29. The topological polar surface area (TPSA) is 18.5 Å². The Balaban J connectivity index is 2.00. The maximum Gasteiger partial charge on any atom is 0.0449 e. The lowest BCUT2D eigenvalue weighted by atomic mass is 10.0. The van der Waals surface area contributed by atoms with E-state index >= 15 is 0 Å². The van der Waals surface area contributed by atoms with E-state index in [-0.39, 0.29) is 0 Å². The van der Waals surface area contributed by atoms with Gasteiger partial charge < -0.3 is 10.2 Å². The summed E-state index contributed by atoms with van der Waals surface area (Å²) in [4.78, 5) is 5.00. The maximum absolute atomic E-state index is 3.65. The van der Waals surface area contributed by atoms with Crippen molar-refractivity contribution in [1.82, 2.24) is 15.1 Å². The SMILES string of the molecule is CCNC(CN1CCCC(N(C)C)C1)c1ccc(C)cc1. The minimum atomic E-state index is 0.441. The number of hydrogen-bond donors (Lipinski definition) is 1. The molecule has 1 N–H and O–H groups in total. The van der Waals surface area contributed by atoms with E-state index in [0.29, 0.717) is 12.1 Å². The minimum Gasteiger partial charge on any atom is -0.309 e. The van der Waals surface area contributed by atoms with Crippen LogP contribution in [0.4, 0.5) is 0 Å². The first kappa shape index (κ1) is 16.5. The van der Waals surface area contributed by atoms with Gasteiger partial charge in [-0.2, -0.15) is 0 Å². The molecule has 2 atom stereocenters. The van der Waals surface area contributed by atoms with Crippen molar-refractivity contribution in [3.63, 3.8) is 0 Å². The van der Waals surface area contributed by atoms with Crippen LogP contribution < -0.4 is 5.32 Å². The molecule has 2 unspecified atom stereocenters. The van der Waals surface area contributed by atoms with Crippen LogP contribution in [0.1, 0.15) is 36.9 Å². The number of likely N-dealkylation sites (tertiary alicyclic amines) is 1. The molecule has 1 aromatic carbocycles. The van der Waals surface area contributed by atoms with E-state index in [1.54, 1.807) is 0 Å². The van der Waals surface area contributed by atoms with Gasteiger partial charge in [0.25, 0.3) is 0 Å². The predicted octanol–water partition coefficient (Wildman–Crippen LogP) is 2.67. The van der Waals surface area contributed by atoms with Gasteiger partial charge in [0.15, 0.2) is 0 Å². The molecule has 3 nitrogen and oxygen atoms in total. The average Bonchev–Trinajstić information content (AvgIpc) is 2.48. The largest absolute Gasteiger partial charge is 0.309 e. The number of likely N-dealkylation sites (N-methyl/N-ethyl adjacent to an activating group) is 2. The van der Waals surface area contributed by atoms with E-state index in [1.165, 1.54) is 37.1 Å². The molecular weight excluding hydrogens is 258 g/mol. The summed E-state index contributed by atoms with van der Waals surface area (Å²) in [6.45, 7) is 8.90. The third kappa shape index (κ3) is 4.80. The third-order valence-electron chi connectivity index (χ3n) is 4.58. The Kier molecular flexibility index (Phi) is 6.22. The van der Waals surface area contributed by atoms with Crippen LogP contribution in [0.25, 0.3) is 0 Å². The van der Waals surface area contributed by atoms with Crippen LogP contribution in [0.2, 0.25) is 0 Å². The zero-order valence-electron chi connectivity index (χ0n) is 14.1. The van der Waals surface area contributed by atoms with Crippen LogP contribution >= 0.6 is 0 Å². The van der Waals surface area contributed by atoms with Gasteiger partial charge in [-0.25, -0.2) is 0 Å². The van der Waals surface area contributed by atoms with E-state index < -0.39 is 0 Å². The fourth-order valence-corrected chi connectivity index (χ4v) is 3.21. The summed E-state index contributed by atoms with van der Waals surface area (Å²) < 4.78 is 0. The van der Waals surface area contributed by atoms with Gasteiger partial charge in [-0.1, -0.05) is 36.8 Å². The molecule has 0 amide bonds. The molecule has 1 fully saturated rings. The normalized spacial score (nSPS) is 21.7. The van der Waals surface area contributed by atoms with Crippen LogP contribution in [0.3, 0.4) is 0 Å². The molecule has 2 rings (SSSR count). The van der Waals surface area contributed by atoms with Crippen molar-refractivity contribution >= 4 is 0 Å². The molecule has 0 aromatic heterocycles. The van der Waals surface area contributed by atoms with Gasteiger partial charge in [0.1, 0.15) is 0 Å². The molecule has 0 bridgehead atoms. The quantitative estimate of drug-likeness (QED) is 0.868. The Morgan fingerprint density at radius 1 is 1.29 bits per heavy atom. The molecule has 1 aromatic rings. The summed E-state index contributed by atoms with van der Waals surface area (Å²) in [6.07, 6.45) is 2.65. The molecule has 1 aliphatic rings. The predicted molar refractivity (Wildman–Crippen MR) is 90.7 cm³/mol. The van der Waals surface area contributed by atoms with Crippen molar-refractivity contribution in [2.24, 2.45) is 0 Å². The summed E-state index contributed by atoms with van der Waals surface area (Å²) in [6, 6.07) is 10.1. The summed E-state index contributed by atoms with van der Waals surface area (Å²) in [5.74, 6) is 0. The van der Waals surface area contributed by atoms with Crippen LogP contribution in [0.15, 0.2) is 24.3 Å². The molecule has 0 spiro atoms. The van der Waals surface area contributed by atoms with Crippen LogP contribution in [-0.4, -0.2) is 56.1 Å². The van der Waals surface area contributed by atoms with Crippen LogP contribution in [0.5, 0.6) is 0 Å². The van der Waals surface area contributed by atoms with Crippen molar-refractivity contribution in [2.45, 2.75) is 38.8 Å². The summed E-state index contributed by atoms with van der Waals surface area (Å²) in [7, 11) is 4.41. The van der Waals surface area contributed by atoms with Gasteiger partial charge in [0.05, 0.1) is 0 Å². The highest BCUT2D eigenvalue weighted by molar-refractivity contribution is 5.24. The Bertz CT molecular complexity index is 413. The van der Waals surface area contributed by atoms with E-state index in [1.807, 2.05) is 0 Å². The second-order valence-electron chi connectivity index (χ2n) is 6.54. The number of nitrogens with zero attached hydrogens (tertiary/aromatic N) is 2. The van der Waals surface area contributed by atoms with Crippen LogP contribution in [-0.2, 0) is 0 Å². The highest BCUT2D eigenvalue weighted by atomic mass is 15.2. The number of piperidine rings is 1. The van der Waals surface area contributed by atoms with Gasteiger partial charge in [-0.15, -0.1) is 0 Å². The fraction of sp³-hybridized carbons (Fsp3) is 0.667. The van der Waals surface area contributed by atoms with Crippen LogP contribution in [0, 0.1) is 6.92 Å². The zero-order valence-corrected chi connectivity index (χ0v) is 14.1. The lowest BCUT2D eigenvalue weighted by molar-refractivity contribution is 0.123. The smallest absolute Gasteiger partial charge is 0.0449 e. The Labute approximate surface area is 130 Å². The van der Waals surface area contributed by atoms with Gasteiger partial charge in [0.2, 0.25) is 0 Å². The summed E-state index contributed by atoms with van der Waals surface area (Å²) >= 11 is 0. The Morgan fingerprint density at radius 3 is 2.62 bits per heavy atom. The molecular formula is C18H31N3. The summed E-state index contributed by atoms with van der Waals surface area (Å²) in [5, 5.41) is 3.65. The lowest BCUT2D eigenvalue weighted by Gasteiger charge is -2.38. The molecule has 1 aliphatic heterocycles. The first-order chi connectivity index (χ1) is 10.1. The monoisotopic (exact) mass is 289 g/mol. The lowest BCUT2D eigenvalue weighted by Crippen LogP contribution is -2.47. The molecule has 0 aliphatic carbocycles. The minimum absolute atomic E-state index is 0.441. The molecule has 1 saturated heterocycles. The molecule has 3 heteroatoms. The zero-order chi connectivity index (χ0) is 15.2. The fourth-order valence-electron chi connectivity index (χ4n) is 3.21. The van der Waals surface area contributed by atoms with Crippen molar-refractivity contribution in [2.75, 3.05) is 40.3 Å². The molecule has 1 heterocycles. The molecule has 21 heavy (non-hydrogen) atoms. The second-order valence-corrected chi connectivity index (χ2v) is 6.54. The Morgan fingerprint density at radius 2 is 2.00 bits per heavy atom. The number of aryl methyl sites for hydroxylation is 1. The first-order valence-corrected chi connectivity index (χ1v) is 8.29. The van der Waals surface area contributed by atoms with Crippen molar-refractivity contribution in [1.29, 1.82) is 0 Å². The number of benzene rings is 1. The van der Waals surface area contributed by atoms with E-state index in [0.717, 1.165) is 13.1 Å². The average molecular weight is 289 g/mol. The highest BCUT2D eigenvalue weighted by Crippen LogP contribution is 2.19. The van der Waals surface area contributed by atoms with Gasteiger partial charge >= 0.3 is 0 Å². The molecule has 118 valence electrons. The summed E-state index contributed by atoms with van der Waals surface area (Å²) in [5.41, 5.74) is 2.74. The number of nitrogens with one attached hydrogen (secondary N) is 1. The Hall–Kier alpha value is -0.900. The third-order valence-corrected chi connectivity index (χ3v) is 4.58. The van der Waals surface area contributed by atoms with E-state index in [2.05, 4.69) is 67.3 Å². The van der Waals surface area contributed by atoms with Crippen molar-refractivity contribution < 1.29 is 0 Å². The van der Waals surface area contributed by atoms with Crippen molar-refractivity contribution in [3.8, 4) is 0 Å². The maximum atomic E-state index is 3.65. The number of rotatable bonds is 6. The van der Waals surface area contributed by atoms with Gasteiger partial charge in [0, 0.05) is 25.2 Å². The van der Waals surface area contributed by atoms with E-state index in [9.17, 15) is 0 Å². The van der Waals surface area contributed by atoms with E-state index in [4.69, 9.17) is 0 Å². The highest BCUT2D eigenvalue weighted by Gasteiger charge is 2.23. The second kappa shape index (κ2) is 7.92. The van der Waals surface area contributed by atoms with Crippen molar-refractivity contribution in [3.05, 3.63) is 35.4 Å². The van der Waals surface area contributed by atoms with Gasteiger partial charge in [-0.05, 0) is 52.5 Å².